The number of amides is 1. The third-order valence-corrected chi connectivity index (χ3v) is 4.62. The van der Waals surface area contributed by atoms with Gasteiger partial charge >= 0.3 is 6.18 Å². The number of nitrogens with zero attached hydrogens (tertiary/aromatic N) is 2. The number of carbonyl (C=O) groups excluding carboxylic acids is 1. The van der Waals surface area contributed by atoms with E-state index in [1.54, 1.807) is 0 Å². The lowest BCUT2D eigenvalue weighted by Gasteiger charge is -2.38. The molecule has 2 aliphatic heterocycles. The molecule has 7 heteroatoms. The zero-order valence-corrected chi connectivity index (χ0v) is 12.8. The van der Waals surface area contributed by atoms with E-state index in [1.165, 1.54) is 23.1 Å². The quantitative estimate of drug-likeness (QED) is 0.900. The van der Waals surface area contributed by atoms with Gasteiger partial charge in [-0.2, -0.15) is 13.2 Å². The fraction of sp³-hybridized carbons (Fsp3) is 0.562. The third kappa shape index (κ3) is 3.50. The lowest BCUT2D eigenvalue weighted by Crippen LogP contribution is -2.52. The van der Waals surface area contributed by atoms with E-state index in [0.717, 1.165) is 25.6 Å². The molecule has 0 radical (unpaired) electrons. The molecule has 2 saturated heterocycles. The summed E-state index contributed by atoms with van der Waals surface area (Å²) in [5, 5.41) is 3.31. The molecule has 1 aromatic carbocycles. The van der Waals surface area contributed by atoms with Crippen molar-refractivity contribution in [1.29, 1.82) is 0 Å². The summed E-state index contributed by atoms with van der Waals surface area (Å²) < 4.78 is 39.2. The van der Waals surface area contributed by atoms with Crippen LogP contribution in [-0.2, 0) is 6.18 Å². The summed E-state index contributed by atoms with van der Waals surface area (Å²) in [4.78, 5) is 16.3. The molecule has 1 atom stereocenters. The highest BCUT2D eigenvalue weighted by Crippen LogP contribution is 2.32. The average Bonchev–Trinajstić information content (AvgIpc) is 3.08. The van der Waals surface area contributed by atoms with Crippen molar-refractivity contribution in [2.24, 2.45) is 0 Å². The van der Waals surface area contributed by atoms with Crippen LogP contribution < -0.4 is 5.32 Å². The van der Waals surface area contributed by atoms with Crippen molar-refractivity contribution >= 4 is 5.91 Å². The van der Waals surface area contributed by atoms with Crippen LogP contribution in [0.5, 0.6) is 0 Å². The minimum atomic E-state index is -4.51. The summed E-state index contributed by atoms with van der Waals surface area (Å²) in [6.45, 7) is 4.33. The van der Waals surface area contributed by atoms with Gasteiger partial charge in [-0.15, -0.1) is 0 Å². The van der Waals surface area contributed by atoms with Crippen molar-refractivity contribution in [3.05, 3.63) is 35.4 Å². The summed E-state index contributed by atoms with van der Waals surface area (Å²) in [6.07, 6.45) is -3.42. The number of hydrogen-bond donors (Lipinski definition) is 1. The summed E-state index contributed by atoms with van der Waals surface area (Å²) in [5.74, 6) is -0.526. The van der Waals surface area contributed by atoms with Gasteiger partial charge in [0.15, 0.2) is 0 Å². The van der Waals surface area contributed by atoms with E-state index in [4.69, 9.17) is 0 Å². The maximum atomic E-state index is 13.1. The van der Waals surface area contributed by atoms with Gasteiger partial charge < -0.3 is 10.2 Å². The van der Waals surface area contributed by atoms with Gasteiger partial charge in [-0.1, -0.05) is 12.1 Å². The minimum absolute atomic E-state index is 0.254. The van der Waals surface area contributed by atoms with Crippen molar-refractivity contribution in [1.82, 2.24) is 15.1 Å². The van der Waals surface area contributed by atoms with Crippen LogP contribution in [-0.4, -0.2) is 61.0 Å². The van der Waals surface area contributed by atoms with Gasteiger partial charge in [0.25, 0.3) is 5.91 Å². The van der Waals surface area contributed by atoms with E-state index in [9.17, 15) is 18.0 Å². The molecule has 0 spiro atoms. The Morgan fingerprint density at radius 1 is 1.13 bits per heavy atom. The molecule has 0 aliphatic carbocycles. The van der Waals surface area contributed by atoms with Gasteiger partial charge in [0, 0.05) is 38.8 Å². The fourth-order valence-electron chi connectivity index (χ4n) is 3.33. The number of halogens is 3. The molecule has 23 heavy (non-hydrogen) atoms. The predicted molar refractivity (Wildman–Crippen MR) is 80.2 cm³/mol. The fourth-order valence-corrected chi connectivity index (χ4v) is 3.33. The number of carbonyl (C=O) groups is 1. The summed E-state index contributed by atoms with van der Waals surface area (Å²) in [7, 11) is 0. The van der Waals surface area contributed by atoms with Gasteiger partial charge in [0.1, 0.15) is 0 Å². The SMILES string of the molecule is O=C(c1ccccc1C(F)(F)F)N1CCN(C2CCNC2)CC1. The largest absolute Gasteiger partial charge is 0.417 e. The van der Waals surface area contributed by atoms with Crippen LogP contribution in [0.15, 0.2) is 24.3 Å². The Morgan fingerprint density at radius 3 is 2.43 bits per heavy atom. The molecule has 2 heterocycles. The molecule has 1 N–H and O–H groups in total. The van der Waals surface area contributed by atoms with Crippen LogP contribution >= 0.6 is 0 Å². The molecule has 1 aromatic rings. The second-order valence-electron chi connectivity index (χ2n) is 6.02. The van der Waals surface area contributed by atoms with Crippen LogP contribution in [0.1, 0.15) is 22.3 Å². The van der Waals surface area contributed by atoms with E-state index in [2.05, 4.69) is 10.2 Å². The van der Waals surface area contributed by atoms with Crippen LogP contribution in [0, 0.1) is 0 Å². The smallest absolute Gasteiger partial charge is 0.336 e. The molecule has 1 unspecified atom stereocenters. The van der Waals surface area contributed by atoms with Crippen LogP contribution in [0.4, 0.5) is 13.2 Å². The van der Waals surface area contributed by atoms with Crippen LogP contribution in [0.2, 0.25) is 0 Å². The molecule has 2 aliphatic rings. The van der Waals surface area contributed by atoms with E-state index in [1.807, 2.05) is 0 Å². The Kier molecular flexibility index (Phi) is 4.59. The molecule has 0 saturated carbocycles. The molecule has 3 rings (SSSR count). The maximum Gasteiger partial charge on any atom is 0.417 e. The number of alkyl halides is 3. The van der Waals surface area contributed by atoms with E-state index >= 15 is 0 Å². The van der Waals surface area contributed by atoms with E-state index in [-0.39, 0.29) is 5.56 Å². The molecule has 126 valence electrons. The van der Waals surface area contributed by atoms with Crippen molar-refractivity contribution in [2.45, 2.75) is 18.6 Å². The standard InChI is InChI=1S/C16H20F3N3O/c17-16(18,19)14-4-2-1-3-13(14)15(23)22-9-7-21(8-10-22)12-5-6-20-11-12/h1-4,12,20H,5-11H2. The number of hydrogen-bond acceptors (Lipinski definition) is 3. The van der Waals surface area contributed by atoms with Gasteiger partial charge in [-0.3, -0.25) is 9.69 Å². The summed E-state index contributed by atoms with van der Waals surface area (Å²) in [5.41, 5.74) is -1.11. The molecule has 1 amide bonds. The van der Waals surface area contributed by atoms with Crippen LogP contribution in [0.25, 0.3) is 0 Å². The normalized spacial score (nSPS) is 23.3. The zero-order chi connectivity index (χ0) is 16.4. The van der Waals surface area contributed by atoms with Crippen molar-refractivity contribution in [3.63, 3.8) is 0 Å². The van der Waals surface area contributed by atoms with Crippen LogP contribution in [0.3, 0.4) is 0 Å². The second-order valence-corrected chi connectivity index (χ2v) is 6.02. The van der Waals surface area contributed by atoms with Crippen molar-refractivity contribution < 1.29 is 18.0 Å². The molecular weight excluding hydrogens is 307 g/mol. The average molecular weight is 327 g/mol. The minimum Gasteiger partial charge on any atom is -0.336 e. The highest BCUT2D eigenvalue weighted by Gasteiger charge is 2.36. The third-order valence-electron chi connectivity index (χ3n) is 4.62. The highest BCUT2D eigenvalue weighted by molar-refractivity contribution is 5.96. The summed E-state index contributed by atoms with van der Waals surface area (Å²) >= 11 is 0. The van der Waals surface area contributed by atoms with Crippen molar-refractivity contribution in [3.8, 4) is 0 Å². The number of rotatable bonds is 2. The Balaban J connectivity index is 1.68. The Labute approximate surface area is 133 Å². The molecule has 0 bridgehead atoms. The second kappa shape index (κ2) is 6.49. The predicted octanol–water partition coefficient (Wildman–Crippen LogP) is 1.83. The first-order chi connectivity index (χ1) is 11.0. The monoisotopic (exact) mass is 327 g/mol. The lowest BCUT2D eigenvalue weighted by atomic mass is 10.1. The lowest BCUT2D eigenvalue weighted by molar-refractivity contribution is -0.138. The zero-order valence-electron chi connectivity index (χ0n) is 12.8. The molecule has 0 aromatic heterocycles. The van der Waals surface area contributed by atoms with Gasteiger partial charge in [-0.05, 0) is 25.1 Å². The number of benzene rings is 1. The first kappa shape index (κ1) is 16.3. The van der Waals surface area contributed by atoms with Gasteiger partial charge in [0.2, 0.25) is 0 Å². The Morgan fingerprint density at radius 2 is 1.83 bits per heavy atom. The number of piperazine rings is 1. The van der Waals surface area contributed by atoms with Gasteiger partial charge in [-0.25, -0.2) is 0 Å². The van der Waals surface area contributed by atoms with Gasteiger partial charge in [0.05, 0.1) is 11.1 Å². The Hall–Kier alpha value is -1.60. The number of nitrogens with one attached hydrogen (secondary N) is 1. The van der Waals surface area contributed by atoms with E-state index < -0.39 is 17.6 Å². The highest BCUT2D eigenvalue weighted by atomic mass is 19.4. The molecule has 2 fully saturated rings. The first-order valence-electron chi connectivity index (χ1n) is 7.87. The molecule has 4 nitrogen and oxygen atoms in total. The molecular formula is C16H20F3N3O. The first-order valence-corrected chi connectivity index (χ1v) is 7.87. The maximum absolute atomic E-state index is 13.1. The topological polar surface area (TPSA) is 35.6 Å². The Bertz CT molecular complexity index is 562. The van der Waals surface area contributed by atoms with Crippen molar-refractivity contribution in [2.75, 3.05) is 39.3 Å². The van der Waals surface area contributed by atoms with E-state index in [0.29, 0.717) is 32.2 Å². The summed E-state index contributed by atoms with van der Waals surface area (Å²) in [6, 6.07) is 5.49.